The Morgan fingerprint density at radius 3 is 2.91 bits per heavy atom. The molecule has 0 fully saturated rings. The lowest BCUT2D eigenvalue weighted by Gasteiger charge is -2.09. The maximum atomic E-state index is 12.5. The van der Waals surface area contributed by atoms with E-state index in [0.717, 1.165) is 5.39 Å². The topological polar surface area (TPSA) is 60.5 Å². The molecule has 2 heterocycles. The summed E-state index contributed by atoms with van der Waals surface area (Å²) in [6.45, 7) is 0.173. The molecular weight excluding hydrogens is 316 g/mol. The Morgan fingerprint density at radius 2 is 2.00 bits per heavy atom. The molecule has 0 saturated heterocycles. The number of fused-ring (bicyclic) bond motifs is 2. The average molecular weight is 327 g/mol. The number of rotatable bonds is 2. The molecule has 1 N–H and O–H groups in total. The van der Waals surface area contributed by atoms with E-state index in [-0.39, 0.29) is 12.7 Å². The Bertz CT molecular complexity index is 927. The first-order valence-electron chi connectivity index (χ1n) is 6.96. The van der Waals surface area contributed by atoms with Gasteiger partial charge in [-0.05, 0) is 42.5 Å². The number of hydrogen-bond donors (Lipinski definition) is 1. The third kappa shape index (κ3) is 2.45. The highest BCUT2D eigenvalue weighted by atomic mass is 35.5. The first kappa shape index (κ1) is 13.8. The molecule has 5 nitrogen and oxygen atoms in total. The fourth-order valence-electron chi connectivity index (χ4n) is 2.47. The van der Waals surface area contributed by atoms with E-state index in [4.69, 9.17) is 21.1 Å². The van der Waals surface area contributed by atoms with Crippen molar-refractivity contribution in [2.75, 3.05) is 12.1 Å². The van der Waals surface area contributed by atoms with Gasteiger partial charge in [-0.2, -0.15) is 0 Å². The molecule has 6 heteroatoms. The number of nitrogens with one attached hydrogen (secondary N) is 1. The van der Waals surface area contributed by atoms with Gasteiger partial charge >= 0.3 is 0 Å². The average Bonchev–Trinajstić information content (AvgIpc) is 3.05. The number of carbonyl (C=O) groups excluding carboxylic acids is 1. The van der Waals surface area contributed by atoms with Crippen LogP contribution in [0.25, 0.3) is 10.9 Å². The molecule has 1 aromatic heterocycles. The van der Waals surface area contributed by atoms with Gasteiger partial charge in [0.1, 0.15) is 0 Å². The van der Waals surface area contributed by atoms with Crippen LogP contribution in [-0.2, 0) is 0 Å². The summed E-state index contributed by atoms with van der Waals surface area (Å²) in [5.41, 5.74) is 1.73. The summed E-state index contributed by atoms with van der Waals surface area (Å²) in [7, 11) is 0. The molecule has 0 spiro atoms. The molecule has 2 aromatic carbocycles. The van der Waals surface area contributed by atoms with E-state index in [1.165, 1.54) is 0 Å². The number of halogens is 1. The maximum Gasteiger partial charge on any atom is 0.255 e. The van der Waals surface area contributed by atoms with Crippen molar-refractivity contribution in [3.63, 3.8) is 0 Å². The minimum atomic E-state index is -0.252. The van der Waals surface area contributed by atoms with Crippen LogP contribution in [0.2, 0.25) is 5.02 Å². The van der Waals surface area contributed by atoms with E-state index in [9.17, 15) is 4.79 Å². The Kier molecular flexibility index (Phi) is 3.28. The van der Waals surface area contributed by atoms with E-state index in [0.29, 0.717) is 33.3 Å². The second kappa shape index (κ2) is 5.44. The monoisotopic (exact) mass is 326 g/mol. The van der Waals surface area contributed by atoms with Crippen LogP contribution in [0.3, 0.4) is 0 Å². The largest absolute Gasteiger partial charge is 0.454 e. The number of anilines is 1. The number of amides is 1. The molecule has 114 valence electrons. The highest BCUT2D eigenvalue weighted by Gasteiger charge is 2.17. The zero-order valence-corrected chi connectivity index (χ0v) is 12.6. The zero-order chi connectivity index (χ0) is 15.8. The van der Waals surface area contributed by atoms with E-state index in [2.05, 4.69) is 10.3 Å². The molecule has 0 atom stereocenters. The van der Waals surface area contributed by atoms with Crippen LogP contribution in [0, 0.1) is 0 Å². The highest BCUT2D eigenvalue weighted by molar-refractivity contribution is 6.36. The summed E-state index contributed by atoms with van der Waals surface area (Å²) in [6, 6.07) is 12.2. The second-order valence-corrected chi connectivity index (χ2v) is 5.42. The van der Waals surface area contributed by atoms with Gasteiger partial charge in [-0.25, -0.2) is 0 Å². The lowest BCUT2D eigenvalue weighted by atomic mass is 10.1. The Hall–Kier alpha value is -2.79. The number of benzene rings is 2. The molecular formula is C17H11ClN2O3. The van der Waals surface area contributed by atoms with E-state index >= 15 is 0 Å². The molecule has 23 heavy (non-hydrogen) atoms. The standard InChI is InChI=1S/C17H11ClN2O3/c18-12-4-5-13(16-11(12)2-1-7-19-16)20-17(21)10-3-6-14-15(8-10)23-9-22-14/h1-8H,9H2,(H,20,21). The van der Waals surface area contributed by atoms with Gasteiger partial charge in [0.2, 0.25) is 6.79 Å². The van der Waals surface area contributed by atoms with Gasteiger partial charge in [-0.3, -0.25) is 9.78 Å². The van der Waals surface area contributed by atoms with Crippen LogP contribution < -0.4 is 14.8 Å². The lowest BCUT2D eigenvalue weighted by Crippen LogP contribution is -2.12. The molecule has 0 unspecified atom stereocenters. The fraction of sp³-hybridized carbons (Fsp3) is 0.0588. The molecule has 1 aliphatic heterocycles. The maximum absolute atomic E-state index is 12.5. The predicted molar refractivity (Wildman–Crippen MR) is 87.3 cm³/mol. The molecule has 3 aromatic rings. The van der Waals surface area contributed by atoms with Crippen LogP contribution in [0.15, 0.2) is 48.7 Å². The fourth-order valence-corrected chi connectivity index (χ4v) is 2.69. The van der Waals surface area contributed by atoms with Crippen LogP contribution in [0.5, 0.6) is 11.5 Å². The van der Waals surface area contributed by atoms with Crippen LogP contribution in [0.1, 0.15) is 10.4 Å². The molecule has 0 aliphatic carbocycles. The van der Waals surface area contributed by atoms with Crippen molar-refractivity contribution in [2.45, 2.75) is 0 Å². The molecule has 1 aliphatic rings. The first-order valence-corrected chi connectivity index (χ1v) is 7.34. The lowest BCUT2D eigenvalue weighted by molar-refractivity contribution is 0.102. The van der Waals surface area contributed by atoms with Crippen molar-refractivity contribution in [2.24, 2.45) is 0 Å². The summed E-state index contributed by atoms with van der Waals surface area (Å²) < 4.78 is 10.5. The molecule has 0 radical (unpaired) electrons. The Labute approximate surface area is 136 Å². The van der Waals surface area contributed by atoms with Gasteiger partial charge < -0.3 is 14.8 Å². The summed E-state index contributed by atoms with van der Waals surface area (Å²) in [5, 5.41) is 4.24. The van der Waals surface area contributed by atoms with E-state index in [1.807, 2.05) is 6.07 Å². The normalized spacial score (nSPS) is 12.4. The van der Waals surface area contributed by atoms with Crippen molar-refractivity contribution in [3.05, 3.63) is 59.2 Å². The van der Waals surface area contributed by atoms with E-state index in [1.54, 1.807) is 42.6 Å². The third-order valence-electron chi connectivity index (χ3n) is 3.60. The van der Waals surface area contributed by atoms with Crippen molar-refractivity contribution < 1.29 is 14.3 Å². The molecule has 0 saturated carbocycles. The van der Waals surface area contributed by atoms with Crippen molar-refractivity contribution in [1.82, 2.24) is 4.98 Å². The van der Waals surface area contributed by atoms with E-state index < -0.39 is 0 Å². The first-order chi connectivity index (χ1) is 11.2. The van der Waals surface area contributed by atoms with Crippen molar-refractivity contribution in [3.8, 4) is 11.5 Å². The van der Waals surface area contributed by atoms with Gasteiger partial charge in [0, 0.05) is 17.1 Å². The van der Waals surface area contributed by atoms with Crippen LogP contribution >= 0.6 is 11.6 Å². The number of hydrogen-bond acceptors (Lipinski definition) is 4. The summed E-state index contributed by atoms with van der Waals surface area (Å²) in [5.74, 6) is 0.953. The molecule has 4 rings (SSSR count). The third-order valence-corrected chi connectivity index (χ3v) is 3.93. The van der Waals surface area contributed by atoms with Gasteiger partial charge in [-0.15, -0.1) is 0 Å². The van der Waals surface area contributed by atoms with Crippen LogP contribution in [-0.4, -0.2) is 17.7 Å². The van der Waals surface area contributed by atoms with Gasteiger partial charge in [-0.1, -0.05) is 11.6 Å². The minimum absolute atomic E-state index is 0.173. The van der Waals surface area contributed by atoms with Gasteiger partial charge in [0.15, 0.2) is 11.5 Å². The zero-order valence-electron chi connectivity index (χ0n) is 11.9. The summed E-state index contributed by atoms with van der Waals surface area (Å²) in [4.78, 5) is 16.8. The second-order valence-electron chi connectivity index (χ2n) is 5.02. The predicted octanol–water partition coefficient (Wildman–Crippen LogP) is 3.87. The quantitative estimate of drug-likeness (QED) is 0.776. The van der Waals surface area contributed by atoms with Crippen LogP contribution in [0.4, 0.5) is 5.69 Å². The number of pyridine rings is 1. The van der Waals surface area contributed by atoms with Gasteiger partial charge in [0.25, 0.3) is 5.91 Å². The Morgan fingerprint density at radius 1 is 1.13 bits per heavy atom. The van der Waals surface area contributed by atoms with Gasteiger partial charge in [0.05, 0.1) is 16.2 Å². The highest BCUT2D eigenvalue weighted by Crippen LogP contribution is 2.33. The number of ether oxygens (including phenoxy) is 2. The SMILES string of the molecule is O=C(Nc1ccc(Cl)c2cccnc12)c1ccc2c(c1)OCO2. The number of carbonyl (C=O) groups is 1. The molecule has 0 bridgehead atoms. The number of nitrogens with zero attached hydrogens (tertiary/aromatic N) is 1. The minimum Gasteiger partial charge on any atom is -0.454 e. The number of aromatic nitrogens is 1. The smallest absolute Gasteiger partial charge is 0.255 e. The van der Waals surface area contributed by atoms with Crippen molar-refractivity contribution >= 4 is 34.1 Å². The Balaban J connectivity index is 1.68. The van der Waals surface area contributed by atoms with Crippen molar-refractivity contribution in [1.29, 1.82) is 0 Å². The molecule has 1 amide bonds. The summed E-state index contributed by atoms with van der Waals surface area (Å²) in [6.07, 6.45) is 1.66. The summed E-state index contributed by atoms with van der Waals surface area (Å²) >= 11 is 6.16.